The van der Waals surface area contributed by atoms with E-state index in [0.717, 1.165) is 22.6 Å². The van der Waals surface area contributed by atoms with Gasteiger partial charge in [0.1, 0.15) is 5.76 Å². The summed E-state index contributed by atoms with van der Waals surface area (Å²) in [6.45, 7) is 9.52. The Morgan fingerprint density at radius 1 is 0.964 bits per heavy atom. The van der Waals surface area contributed by atoms with Gasteiger partial charge in [-0.15, -0.1) is 0 Å². The minimum Gasteiger partial charge on any atom is -0.467 e. The fraction of sp³-hybridized carbons (Fsp3) is 0.292. The normalized spacial score (nSPS) is 11.3. The molecule has 4 heteroatoms. The maximum Gasteiger partial charge on any atom is 0.322 e. The third kappa shape index (κ3) is 5.26. The standard InChI is InChI=1S/C24H28N2O2/c1-18-7-13-21(14-8-18)25-23(27)26(17-22-6-5-15-28-22)16-19-9-11-20(12-10-19)24(2,3)4/h5-15H,16-17H2,1-4H3,(H,25,27). The second-order valence-electron chi connectivity index (χ2n) is 8.18. The number of nitrogens with zero attached hydrogens (tertiary/aromatic N) is 1. The number of nitrogens with one attached hydrogen (secondary N) is 1. The van der Waals surface area contributed by atoms with E-state index in [9.17, 15) is 4.79 Å². The zero-order chi connectivity index (χ0) is 20.1. The van der Waals surface area contributed by atoms with Crippen LogP contribution in [-0.2, 0) is 18.5 Å². The second-order valence-corrected chi connectivity index (χ2v) is 8.18. The number of rotatable bonds is 5. The number of anilines is 1. The highest BCUT2D eigenvalue weighted by atomic mass is 16.3. The molecule has 0 saturated carbocycles. The molecule has 0 spiro atoms. The first-order chi connectivity index (χ1) is 13.3. The van der Waals surface area contributed by atoms with Crippen LogP contribution in [0.3, 0.4) is 0 Å². The van der Waals surface area contributed by atoms with Crippen molar-refractivity contribution in [2.75, 3.05) is 5.32 Å². The van der Waals surface area contributed by atoms with Gasteiger partial charge in [-0.2, -0.15) is 0 Å². The molecule has 28 heavy (non-hydrogen) atoms. The molecule has 0 aliphatic heterocycles. The summed E-state index contributed by atoms with van der Waals surface area (Å²) in [5.41, 5.74) is 4.40. The van der Waals surface area contributed by atoms with Crippen LogP contribution in [0.25, 0.3) is 0 Å². The molecule has 0 aliphatic carbocycles. The molecule has 146 valence electrons. The van der Waals surface area contributed by atoms with Crippen LogP contribution in [0.1, 0.15) is 43.2 Å². The largest absolute Gasteiger partial charge is 0.467 e. The highest BCUT2D eigenvalue weighted by molar-refractivity contribution is 5.89. The third-order valence-electron chi connectivity index (χ3n) is 4.71. The van der Waals surface area contributed by atoms with Gasteiger partial charge in [-0.25, -0.2) is 4.79 Å². The lowest BCUT2D eigenvalue weighted by Crippen LogP contribution is -2.34. The lowest BCUT2D eigenvalue weighted by molar-refractivity contribution is 0.201. The number of furan rings is 1. The molecule has 2 amide bonds. The van der Waals surface area contributed by atoms with E-state index in [2.05, 4.69) is 50.4 Å². The highest BCUT2D eigenvalue weighted by Crippen LogP contribution is 2.23. The number of urea groups is 1. The quantitative estimate of drug-likeness (QED) is 0.583. The minimum absolute atomic E-state index is 0.106. The van der Waals surface area contributed by atoms with Crippen molar-refractivity contribution < 1.29 is 9.21 Å². The summed E-state index contributed by atoms with van der Waals surface area (Å²) >= 11 is 0. The van der Waals surface area contributed by atoms with Crippen LogP contribution in [0.5, 0.6) is 0 Å². The lowest BCUT2D eigenvalue weighted by atomic mass is 9.87. The third-order valence-corrected chi connectivity index (χ3v) is 4.71. The predicted octanol–water partition coefficient (Wildman–Crippen LogP) is 6.12. The van der Waals surface area contributed by atoms with Crippen molar-refractivity contribution in [2.24, 2.45) is 0 Å². The molecule has 2 aromatic carbocycles. The monoisotopic (exact) mass is 376 g/mol. The van der Waals surface area contributed by atoms with E-state index in [-0.39, 0.29) is 11.4 Å². The molecule has 0 fully saturated rings. The first kappa shape index (κ1) is 19.7. The second kappa shape index (κ2) is 8.34. The first-order valence-corrected chi connectivity index (χ1v) is 9.56. The molecule has 0 atom stereocenters. The van der Waals surface area contributed by atoms with Gasteiger partial charge in [0.25, 0.3) is 0 Å². The molecule has 0 bridgehead atoms. The van der Waals surface area contributed by atoms with Crippen molar-refractivity contribution in [3.63, 3.8) is 0 Å². The van der Waals surface area contributed by atoms with Gasteiger partial charge in [0.15, 0.2) is 0 Å². The van der Waals surface area contributed by atoms with E-state index in [1.54, 1.807) is 11.2 Å². The summed E-state index contributed by atoms with van der Waals surface area (Å²) in [7, 11) is 0. The Bertz CT molecular complexity index is 889. The number of aryl methyl sites for hydroxylation is 1. The smallest absolute Gasteiger partial charge is 0.322 e. The van der Waals surface area contributed by atoms with Crippen molar-refractivity contribution >= 4 is 11.7 Å². The molecular formula is C24H28N2O2. The summed E-state index contributed by atoms with van der Waals surface area (Å²) in [5.74, 6) is 0.755. The van der Waals surface area contributed by atoms with Crippen LogP contribution >= 0.6 is 0 Å². The Hall–Kier alpha value is -3.01. The Morgan fingerprint density at radius 3 is 2.21 bits per heavy atom. The average molecular weight is 377 g/mol. The first-order valence-electron chi connectivity index (χ1n) is 9.56. The Balaban J connectivity index is 1.76. The summed E-state index contributed by atoms with van der Waals surface area (Å²) < 4.78 is 5.46. The molecule has 0 saturated heterocycles. The van der Waals surface area contributed by atoms with Crippen molar-refractivity contribution in [1.29, 1.82) is 0 Å². The zero-order valence-corrected chi connectivity index (χ0v) is 17.0. The van der Waals surface area contributed by atoms with Crippen LogP contribution in [0, 0.1) is 6.92 Å². The van der Waals surface area contributed by atoms with E-state index < -0.39 is 0 Å². The number of benzene rings is 2. The number of amides is 2. The molecule has 3 rings (SSSR count). The Labute approximate surface area is 167 Å². The fourth-order valence-electron chi connectivity index (χ4n) is 2.96. The van der Waals surface area contributed by atoms with Crippen LogP contribution < -0.4 is 5.32 Å². The van der Waals surface area contributed by atoms with E-state index in [4.69, 9.17) is 4.42 Å². The highest BCUT2D eigenvalue weighted by Gasteiger charge is 2.18. The van der Waals surface area contributed by atoms with Crippen molar-refractivity contribution in [3.8, 4) is 0 Å². The van der Waals surface area contributed by atoms with Gasteiger partial charge in [-0.1, -0.05) is 62.7 Å². The molecule has 0 unspecified atom stereocenters. The van der Waals surface area contributed by atoms with Crippen LogP contribution in [0.4, 0.5) is 10.5 Å². The summed E-state index contributed by atoms with van der Waals surface area (Å²) in [6.07, 6.45) is 1.63. The molecule has 1 aromatic heterocycles. The van der Waals surface area contributed by atoms with E-state index in [0.29, 0.717) is 13.1 Å². The zero-order valence-electron chi connectivity index (χ0n) is 17.0. The summed E-state index contributed by atoms with van der Waals surface area (Å²) in [6, 6.07) is 19.8. The maximum atomic E-state index is 12.9. The molecule has 3 aromatic rings. The van der Waals surface area contributed by atoms with Gasteiger partial charge in [0, 0.05) is 12.2 Å². The van der Waals surface area contributed by atoms with Gasteiger partial charge in [-0.05, 0) is 47.7 Å². The summed E-state index contributed by atoms with van der Waals surface area (Å²) in [4.78, 5) is 14.7. The molecule has 0 radical (unpaired) electrons. The number of carbonyl (C=O) groups is 1. The number of hydrogen-bond acceptors (Lipinski definition) is 2. The Morgan fingerprint density at radius 2 is 1.64 bits per heavy atom. The van der Waals surface area contributed by atoms with Crippen LogP contribution in [0.15, 0.2) is 71.3 Å². The van der Waals surface area contributed by atoms with Gasteiger partial charge in [0.05, 0.1) is 12.8 Å². The van der Waals surface area contributed by atoms with Gasteiger partial charge >= 0.3 is 6.03 Å². The Kier molecular flexibility index (Phi) is 5.88. The predicted molar refractivity (Wildman–Crippen MR) is 113 cm³/mol. The average Bonchev–Trinajstić information content (AvgIpc) is 3.16. The van der Waals surface area contributed by atoms with E-state index in [1.807, 2.05) is 43.3 Å². The summed E-state index contributed by atoms with van der Waals surface area (Å²) in [5, 5.41) is 2.98. The molecule has 1 N–H and O–H groups in total. The van der Waals surface area contributed by atoms with Crippen molar-refractivity contribution in [1.82, 2.24) is 4.90 Å². The van der Waals surface area contributed by atoms with Gasteiger partial charge in [-0.3, -0.25) is 0 Å². The van der Waals surface area contributed by atoms with Gasteiger partial charge < -0.3 is 14.6 Å². The molecule has 0 aliphatic rings. The van der Waals surface area contributed by atoms with Crippen molar-refractivity contribution in [2.45, 2.75) is 46.2 Å². The molecule has 1 heterocycles. The molecule has 4 nitrogen and oxygen atoms in total. The van der Waals surface area contributed by atoms with Crippen LogP contribution in [-0.4, -0.2) is 10.9 Å². The maximum absolute atomic E-state index is 12.9. The molecular weight excluding hydrogens is 348 g/mol. The number of hydrogen-bond donors (Lipinski definition) is 1. The van der Waals surface area contributed by atoms with Gasteiger partial charge in [0.2, 0.25) is 0 Å². The SMILES string of the molecule is Cc1ccc(NC(=O)N(Cc2ccc(C(C)(C)C)cc2)Cc2ccco2)cc1. The number of carbonyl (C=O) groups excluding carboxylic acids is 1. The lowest BCUT2D eigenvalue weighted by Gasteiger charge is -2.23. The van der Waals surface area contributed by atoms with E-state index >= 15 is 0 Å². The van der Waals surface area contributed by atoms with E-state index in [1.165, 1.54) is 5.56 Å². The van der Waals surface area contributed by atoms with Crippen molar-refractivity contribution in [3.05, 3.63) is 89.4 Å². The minimum atomic E-state index is -0.153. The topological polar surface area (TPSA) is 45.5 Å². The van der Waals surface area contributed by atoms with Crippen LogP contribution in [0.2, 0.25) is 0 Å². The fourth-order valence-corrected chi connectivity index (χ4v) is 2.96.